The van der Waals surface area contributed by atoms with E-state index in [0.29, 0.717) is 35.5 Å². The van der Waals surface area contributed by atoms with Gasteiger partial charge in [-0.05, 0) is 62.2 Å². The third-order valence-corrected chi connectivity index (χ3v) is 5.55. The predicted octanol–water partition coefficient (Wildman–Crippen LogP) is 3.51. The Hall–Kier alpha value is -4.01. The molecule has 0 saturated heterocycles. The molecule has 1 aliphatic rings. The van der Waals surface area contributed by atoms with Crippen LogP contribution in [0.3, 0.4) is 0 Å². The van der Waals surface area contributed by atoms with Crippen LogP contribution >= 0.6 is 0 Å². The van der Waals surface area contributed by atoms with Crippen LogP contribution in [0.1, 0.15) is 23.7 Å². The Morgan fingerprint density at radius 3 is 2.65 bits per heavy atom. The van der Waals surface area contributed by atoms with Gasteiger partial charge in [0.05, 0.1) is 18.8 Å². The summed E-state index contributed by atoms with van der Waals surface area (Å²) in [7, 11) is 0. The average molecular weight is 464 g/mol. The van der Waals surface area contributed by atoms with Crippen molar-refractivity contribution in [2.45, 2.75) is 33.4 Å². The second kappa shape index (κ2) is 9.86. The lowest BCUT2D eigenvalue weighted by Crippen LogP contribution is -2.42. The van der Waals surface area contributed by atoms with E-state index < -0.39 is 11.9 Å². The molecule has 0 fully saturated rings. The van der Waals surface area contributed by atoms with Crippen molar-refractivity contribution in [2.24, 2.45) is 0 Å². The topological polar surface area (TPSA) is 93.5 Å². The zero-order valence-electron chi connectivity index (χ0n) is 19.0. The van der Waals surface area contributed by atoms with E-state index in [0.717, 1.165) is 5.56 Å². The highest BCUT2D eigenvalue weighted by Gasteiger charge is 2.27. The maximum absolute atomic E-state index is 13.5. The number of fused-ring (bicyclic) bond motifs is 1. The van der Waals surface area contributed by atoms with Gasteiger partial charge >= 0.3 is 6.09 Å². The summed E-state index contributed by atoms with van der Waals surface area (Å²) in [6.45, 7) is 4.05. The summed E-state index contributed by atoms with van der Waals surface area (Å²) in [5, 5.41) is 2.81. The minimum atomic E-state index is -0.472. The normalized spacial score (nSPS) is 12.7. The number of hydrogen-bond acceptors (Lipinski definition) is 5. The van der Waals surface area contributed by atoms with Gasteiger partial charge in [-0.15, -0.1) is 0 Å². The first-order valence-electron chi connectivity index (χ1n) is 11.0. The Kier molecular flexibility index (Phi) is 6.72. The fraction of sp³-hybridized carbons (Fsp3) is 0.280. The van der Waals surface area contributed by atoms with Gasteiger partial charge in [-0.1, -0.05) is 12.1 Å². The molecule has 34 heavy (non-hydrogen) atoms. The highest BCUT2D eigenvalue weighted by molar-refractivity contribution is 5.90. The zero-order valence-corrected chi connectivity index (χ0v) is 19.0. The van der Waals surface area contributed by atoms with Crippen molar-refractivity contribution in [3.8, 4) is 11.4 Å². The number of carbonyl (C=O) groups excluding carboxylic acids is 2. The molecule has 0 unspecified atom stereocenters. The van der Waals surface area contributed by atoms with Crippen molar-refractivity contribution < 1.29 is 18.7 Å². The van der Waals surface area contributed by atoms with E-state index in [1.165, 1.54) is 33.7 Å². The van der Waals surface area contributed by atoms with Crippen LogP contribution in [0.15, 0.2) is 53.3 Å². The summed E-state index contributed by atoms with van der Waals surface area (Å²) >= 11 is 0. The highest BCUT2D eigenvalue weighted by atomic mass is 19.1. The second-order valence-corrected chi connectivity index (χ2v) is 8.05. The van der Waals surface area contributed by atoms with Gasteiger partial charge in [-0.3, -0.25) is 14.2 Å². The Morgan fingerprint density at radius 1 is 1.18 bits per heavy atom. The summed E-state index contributed by atoms with van der Waals surface area (Å²) in [6.07, 6.45) is -0.177. The van der Waals surface area contributed by atoms with Crippen LogP contribution in [-0.2, 0) is 29.0 Å². The molecule has 3 aromatic rings. The summed E-state index contributed by atoms with van der Waals surface area (Å²) in [5.74, 6) is -0.586. The molecule has 9 heteroatoms. The molecule has 2 aromatic carbocycles. The number of carbonyl (C=O) groups is 2. The fourth-order valence-corrected chi connectivity index (χ4v) is 3.93. The van der Waals surface area contributed by atoms with Crippen LogP contribution in [0.2, 0.25) is 0 Å². The SMILES string of the molecule is CCOC(=O)N1CCc2c(nc(-c3ccc(F)cc3)n(CC(=O)Nc3cccc(C)c3)c2=O)C1. The maximum atomic E-state index is 13.5. The molecule has 2 amide bonds. The predicted molar refractivity (Wildman–Crippen MR) is 125 cm³/mol. The number of aryl methyl sites for hydroxylation is 1. The third-order valence-electron chi connectivity index (χ3n) is 5.55. The largest absolute Gasteiger partial charge is 0.450 e. The summed E-state index contributed by atoms with van der Waals surface area (Å²) in [5.41, 5.74) is 2.64. The van der Waals surface area contributed by atoms with E-state index in [4.69, 9.17) is 4.74 Å². The number of ether oxygens (including phenoxy) is 1. The van der Waals surface area contributed by atoms with Crippen molar-refractivity contribution >= 4 is 17.7 Å². The molecule has 0 radical (unpaired) electrons. The van der Waals surface area contributed by atoms with Crippen LogP contribution in [0.5, 0.6) is 0 Å². The van der Waals surface area contributed by atoms with Gasteiger partial charge in [0, 0.05) is 23.4 Å². The summed E-state index contributed by atoms with van der Waals surface area (Å²) in [6, 6.07) is 12.9. The number of amides is 2. The Balaban J connectivity index is 1.71. The lowest BCUT2D eigenvalue weighted by Gasteiger charge is -2.28. The number of nitrogens with zero attached hydrogens (tertiary/aromatic N) is 3. The minimum absolute atomic E-state index is 0.119. The molecule has 2 heterocycles. The van der Waals surface area contributed by atoms with Crippen LogP contribution in [-0.4, -0.2) is 39.6 Å². The van der Waals surface area contributed by atoms with Gasteiger partial charge in [-0.2, -0.15) is 0 Å². The molecule has 1 N–H and O–H groups in total. The van der Waals surface area contributed by atoms with Crippen molar-refractivity contribution in [3.63, 3.8) is 0 Å². The first-order valence-corrected chi connectivity index (χ1v) is 11.0. The third kappa shape index (κ3) is 4.98. The molecule has 0 saturated carbocycles. The van der Waals surface area contributed by atoms with Crippen LogP contribution in [0, 0.1) is 12.7 Å². The fourth-order valence-electron chi connectivity index (χ4n) is 3.93. The Bertz CT molecular complexity index is 1290. The number of hydrogen-bond donors (Lipinski definition) is 1. The van der Waals surface area contributed by atoms with Gasteiger partial charge < -0.3 is 15.0 Å². The molecule has 1 aromatic heterocycles. The van der Waals surface area contributed by atoms with Crippen LogP contribution in [0.4, 0.5) is 14.9 Å². The zero-order chi connectivity index (χ0) is 24.2. The molecule has 0 aliphatic carbocycles. The molecule has 176 valence electrons. The quantitative estimate of drug-likeness (QED) is 0.624. The van der Waals surface area contributed by atoms with Gasteiger partial charge in [0.15, 0.2) is 0 Å². The van der Waals surface area contributed by atoms with Crippen molar-refractivity contribution in [1.29, 1.82) is 0 Å². The number of rotatable bonds is 5. The monoisotopic (exact) mass is 464 g/mol. The summed E-state index contributed by atoms with van der Waals surface area (Å²) in [4.78, 5) is 44.6. The molecule has 0 spiro atoms. The smallest absolute Gasteiger partial charge is 0.410 e. The maximum Gasteiger partial charge on any atom is 0.410 e. The number of benzene rings is 2. The lowest BCUT2D eigenvalue weighted by molar-refractivity contribution is -0.116. The van der Waals surface area contributed by atoms with Crippen molar-refractivity contribution in [3.05, 3.63) is 81.5 Å². The number of anilines is 1. The molecule has 4 rings (SSSR count). The van der Waals surface area contributed by atoms with E-state index in [2.05, 4.69) is 10.3 Å². The van der Waals surface area contributed by atoms with E-state index in [1.54, 1.807) is 13.0 Å². The van der Waals surface area contributed by atoms with Crippen LogP contribution < -0.4 is 10.9 Å². The van der Waals surface area contributed by atoms with Gasteiger partial charge in [-0.25, -0.2) is 14.2 Å². The average Bonchev–Trinajstić information content (AvgIpc) is 2.81. The van der Waals surface area contributed by atoms with E-state index in [9.17, 15) is 18.8 Å². The number of aromatic nitrogens is 2. The molecule has 0 atom stereocenters. The van der Waals surface area contributed by atoms with E-state index in [1.807, 2.05) is 25.1 Å². The van der Waals surface area contributed by atoms with Crippen LogP contribution in [0.25, 0.3) is 11.4 Å². The van der Waals surface area contributed by atoms with Gasteiger partial charge in [0.2, 0.25) is 5.91 Å². The van der Waals surface area contributed by atoms with E-state index in [-0.39, 0.29) is 37.0 Å². The summed E-state index contributed by atoms with van der Waals surface area (Å²) < 4.78 is 19.9. The van der Waals surface area contributed by atoms with Gasteiger partial charge in [0.1, 0.15) is 18.2 Å². The highest BCUT2D eigenvalue weighted by Crippen LogP contribution is 2.22. The van der Waals surface area contributed by atoms with E-state index >= 15 is 0 Å². The molecular weight excluding hydrogens is 439 g/mol. The Labute approximate surface area is 196 Å². The molecule has 0 bridgehead atoms. The second-order valence-electron chi connectivity index (χ2n) is 8.05. The first kappa shape index (κ1) is 23.2. The van der Waals surface area contributed by atoms with Gasteiger partial charge in [0.25, 0.3) is 5.56 Å². The molecular formula is C25H25FN4O4. The number of halogens is 1. The standard InChI is InChI=1S/C25H25FN4O4/c1-3-34-25(33)29-12-11-20-21(14-29)28-23(17-7-9-18(26)10-8-17)30(24(20)32)15-22(31)27-19-6-4-5-16(2)13-19/h4-10,13H,3,11-12,14-15H2,1-2H3,(H,27,31). The molecule has 8 nitrogen and oxygen atoms in total. The van der Waals surface area contributed by atoms with Crippen molar-refractivity contribution in [2.75, 3.05) is 18.5 Å². The molecule has 1 aliphatic heterocycles. The van der Waals surface area contributed by atoms with Crippen molar-refractivity contribution in [1.82, 2.24) is 14.5 Å². The number of nitrogens with one attached hydrogen (secondary N) is 1. The minimum Gasteiger partial charge on any atom is -0.450 e. The first-order chi connectivity index (χ1) is 16.4. The lowest BCUT2D eigenvalue weighted by atomic mass is 10.1. The Morgan fingerprint density at radius 2 is 1.94 bits per heavy atom.